The molecule has 2 aromatic heterocycles. The number of aryl methyl sites for hydroxylation is 1. The zero-order chi connectivity index (χ0) is 12.6. The van der Waals surface area contributed by atoms with Crippen LogP contribution in [-0.4, -0.2) is 44.3 Å². The average Bonchev–Trinajstić information content (AvgIpc) is 2.61. The van der Waals surface area contributed by atoms with Crippen molar-refractivity contribution in [2.75, 3.05) is 14.1 Å². The molecule has 7 heteroatoms. The van der Waals surface area contributed by atoms with Crippen LogP contribution in [0.2, 0.25) is 0 Å². The van der Waals surface area contributed by atoms with Crippen LogP contribution >= 0.6 is 0 Å². The van der Waals surface area contributed by atoms with Gasteiger partial charge in [0.2, 0.25) is 5.95 Å². The zero-order valence-electron chi connectivity index (χ0n) is 10.2. The number of rotatable bonds is 1. The number of imidazole rings is 1. The minimum absolute atomic E-state index is 0.277. The van der Waals surface area contributed by atoms with E-state index < -0.39 is 0 Å². The van der Waals surface area contributed by atoms with Crippen LogP contribution in [0.25, 0.3) is 11.2 Å². The third kappa shape index (κ3) is 2.03. The van der Waals surface area contributed by atoms with Gasteiger partial charge in [-0.15, -0.1) is 0 Å². The van der Waals surface area contributed by atoms with Gasteiger partial charge in [0, 0.05) is 21.1 Å². The topological polar surface area (TPSA) is 79.2 Å². The van der Waals surface area contributed by atoms with E-state index >= 15 is 0 Å². The van der Waals surface area contributed by atoms with Crippen LogP contribution in [0, 0.1) is 0 Å². The first-order valence-electron chi connectivity index (χ1n) is 5.13. The number of fused-ring (bicyclic) bond motifs is 1. The molecule has 2 rings (SSSR count). The van der Waals surface area contributed by atoms with E-state index in [9.17, 15) is 4.79 Å². The maximum absolute atomic E-state index is 11.7. The summed E-state index contributed by atoms with van der Waals surface area (Å²) in [5.41, 5.74) is 0.578. The first-order chi connectivity index (χ1) is 7.99. The van der Waals surface area contributed by atoms with E-state index in [1.807, 2.05) is 25.9 Å². The minimum Gasteiger partial charge on any atom is -0.366 e. The van der Waals surface area contributed by atoms with Gasteiger partial charge >= 0.3 is 0 Å². The fourth-order valence-electron chi connectivity index (χ4n) is 1.31. The summed E-state index contributed by atoms with van der Waals surface area (Å²) in [6, 6.07) is 0. The summed E-state index contributed by atoms with van der Waals surface area (Å²) >= 11 is 0. The Morgan fingerprint density at radius 2 is 2.24 bits per heavy atom. The number of hydrogen-bond acceptors (Lipinski definition) is 4. The molecular formula is C10H14N6O. The van der Waals surface area contributed by atoms with Crippen LogP contribution < -0.4 is 5.56 Å². The summed E-state index contributed by atoms with van der Waals surface area (Å²) in [6.07, 6.45) is 1.55. The lowest BCUT2D eigenvalue weighted by molar-refractivity contribution is 0.618. The Kier molecular flexibility index (Phi) is 2.66. The highest BCUT2D eigenvalue weighted by Gasteiger charge is 2.08. The molecule has 0 bridgehead atoms. The molecule has 17 heavy (non-hydrogen) atoms. The second-order valence-electron chi connectivity index (χ2n) is 3.97. The molecule has 0 unspecified atom stereocenters. The first kappa shape index (κ1) is 11.3. The summed E-state index contributed by atoms with van der Waals surface area (Å²) in [5, 5.41) is 0. The number of H-pyrrole nitrogens is 1. The number of nitrogens with zero attached hydrogens (tertiary/aromatic N) is 5. The molecule has 0 spiro atoms. The maximum atomic E-state index is 11.7. The third-order valence-corrected chi connectivity index (χ3v) is 2.47. The van der Waals surface area contributed by atoms with Crippen molar-refractivity contribution in [3.05, 3.63) is 16.7 Å². The van der Waals surface area contributed by atoms with E-state index in [4.69, 9.17) is 0 Å². The highest BCUT2D eigenvalue weighted by atomic mass is 16.1. The largest absolute Gasteiger partial charge is 0.366 e. The van der Waals surface area contributed by atoms with Crippen LogP contribution in [0.5, 0.6) is 0 Å². The zero-order valence-corrected chi connectivity index (χ0v) is 10.2. The van der Waals surface area contributed by atoms with E-state index in [-0.39, 0.29) is 11.5 Å². The molecule has 90 valence electrons. The van der Waals surface area contributed by atoms with Crippen molar-refractivity contribution in [2.45, 2.75) is 6.92 Å². The fourth-order valence-corrected chi connectivity index (χ4v) is 1.31. The molecule has 0 atom stereocenters. The third-order valence-electron chi connectivity index (χ3n) is 2.47. The van der Waals surface area contributed by atoms with Crippen molar-refractivity contribution >= 4 is 22.9 Å². The van der Waals surface area contributed by atoms with E-state index in [0.29, 0.717) is 11.2 Å². The SMILES string of the molecule is C/C(=N\c1nc2c(ncn2C)c(=O)[nH]1)N(C)C. The van der Waals surface area contributed by atoms with E-state index in [0.717, 1.165) is 5.84 Å². The van der Waals surface area contributed by atoms with E-state index in [1.54, 1.807) is 17.9 Å². The quantitative estimate of drug-likeness (QED) is 0.567. The van der Waals surface area contributed by atoms with Crippen LogP contribution in [0.3, 0.4) is 0 Å². The highest BCUT2D eigenvalue weighted by Crippen LogP contribution is 2.08. The monoisotopic (exact) mass is 234 g/mol. The van der Waals surface area contributed by atoms with Gasteiger partial charge < -0.3 is 9.47 Å². The lowest BCUT2D eigenvalue weighted by Crippen LogP contribution is -2.18. The number of amidine groups is 1. The molecule has 2 heterocycles. The number of hydrogen-bond donors (Lipinski definition) is 1. The van der Waals surface area contributed by atoms with Crippen molar-refractivity contribution in [1.29, 1.82) is 0 Å². The number of aromatic amines is 1. The van der Waals surface area contributed by atoms with Crippen LogP contribution in [-0.2, 0) is 7.05 Å². The van der Waals surface area contributed by atoms with Gasteiger partial charge in [0.25, 0.3) is 5.56 Å². The van der Waals surface area contributed by atoms with Crippen LogP contribution in [0.1, 0.15) is 6.92 Å². The van der Waals surface area contributed by atoms with E-state index in [2.05, 4.69) is 19.9 Å². The van der Waals surface area contributed by atoms with Crippen molar-refractivity contribution in [1.82, 2.24) is 24.4 Å². The lowest BCUT2D eigenvalue weighted by Gasteiger charge is -2.10. The molecule has 0 fully saturated rings. The summed E-state index contributed by atoms with van der Waals surface area (Å²) in [6.45, 7) is 1.84. The van der Waals surface area contributed by atoms with Crippen LogP contribution in [0.15, 0.2) is 16.1 Å². The van der Waals surface area contributed by atoms with Gasteiger partial charge in [-0.05, 0) is 6.92 Å². The molecule has 7 nitrogen and oxygen atoms in total. The molecular weight excluding hydrogens is 220 g/mol. The Hall–Kier alpha value is -2.18. The molecule has 0 aliphatic heterocycles. The number of aliphatic imine (C=N–C) groups is 1. The standard InChI is InChI=1S/C10H14N6O/c1-6(15(2)3)12-10-13-8-7(9(17)14-10)11-5-16(8)4/h5H,1-4H3,(H,13,14,17)/b12-6+. The molecule has 2 aromatic rings. The van der Waals surface area contributed by atoms with Crippen molar-refractivity contribution in [3.63, 3.8) is 0 Å². The van der Waals surface area contributed by atoms with Gasteiger partial charge in [-0.25, -0.2) is 9.98 Å². The Balaban J connectivity index is 2.61. The molecule has 0 aromatic carbocycles. The predicted octanol–water partition coefficient (Wildman–Crippen LogP) is 0.268. The Morgan fingerprint density at radius 3 is 2.88 bits per heavy atom. The summed E-state index contributed by atoms with van der Waals surface area (Å²) in [4.78, 5) is 28.6. The highest BCUT2D eigenvalue weighted by molar-refractivity contribution is 5.81. The molecule has 0 saturated heterocycles. The molecule has 1 N–H and O–H groups in total. The van der Waals surface area contributed by atoms with Crippen molar-refractivity contribution in [3.8, 4) is 0 Å². The molecule has 0 radical (unpaired) electrons. The second-order valence-corrected chi connectivity index (χ2v) is 3.97. The fraction of sp³-hybridized carbons (Fsp3) is 0.400. The Labute approximate surface area is 97.8 Å². The normalized spacial score (nSPS) is 12.1. The lowest BCUT2D eigenvalue weighted by atomic mass is 10.5. The summed E-state index contributed by atoms with van der Waals surface area (Å²) in [5.74, 6) is 1.05. The van der Waals surface area contributed by atoms with Gasteiger partial charge in [0.05, 0.1) is 6.33 Å². The summed E-state index contributed by atoms with van der Waals surface area (Å²) in [7, 11) is 5.53. The molecule has 0 aliphatic rings. The van der Waals surface area contributed by atoms with Gasteiger partial charge in [-0.1, -0.05) is 0 Å². The predicted molar refractivity (Wildman–Crippen MR) is 65.6 cm³/mol. The van der Waals surface area contributed by atoms with Gasteiger partial charge in [-0.3, -0.25) is 9.78 Å². The molecule has 0 saturated carbocycles. The average molecular weight is 234 g/mol. The molecule has 0 amide bonds. The van der Waals surface area contributed by atoms with Crippen LogP contribution in [0.4, 0.5) is 5.95 Å². The first-order valence-corrected chi connectivity index (χ1v) is 5.13. The number of nitrogens with one attached hydrogen (secondary N) is 1. The maximum Gasteiger partial charge on any atom is 0.280 e. The van der Waals surface area contributed by atoms with Gasteiger partial charge in [0.1, 0.15) is 5.84 Å². The second kappa shape index (κ2) is 4.00. The number of aromatic nitrogens is 4. The van der Waals surface area contributed by atoms with Gasteiger partial charge in [0.15, 0.2) is 11.2 Å². The van der Waals surface area contributed by atoms with Crippen molar-refractivity contribution < 1.29 is 0 Å². The van der Waals surface area contributed by atoms with Crippen molar-refractivity contribution in [2.24, 2.45) is 12.0 Å². The minimum atomic E-state index is -0.277. The smallest absolute Gasteiger partial charge is 0.280 e. The Bertz CT molecular complexity index is 636. The van der Waals surface area contributed by atoms with E-state index in [1.165, 1.54) is 0 Å². The summed E-state index contributed by atoms with van der Waals surface area (Å²) < 4.78 is 1.69. The Morgan fingerprint density at radius 1 is 1.53 bits per heavy atom. The van der Waals surface area contributed by atoms with Gasteiger partial charge in [-0.2, -0.15) is 4.98 Å². The molecule has 0 aliphatic carbocycles.